The summed E-state index contributed by atoms with van der Waals surface area (Å²) in [5, 5.41) is 18.8. The molecule has 0 amide bonds. The third-order valence-electron chi connectivity index (χ3n) is 32.1. The summed E-state index contributed by atoms with van der Waals surface area (Å²) >= 11 is 0. The normalized spacial score (nSPS) is 18.7. The smallest absolute Gasteiger partial charge is 0.191 e. The fourth-order valence-corrected chi connectivity index (χ4v) is 22.2. The van der Waals surface area contributed by atoms with Crippen LogP contribution in [-0.2, 0) is 0 Å². The number of likely N-dealkylation sites (tertiary alicyclic amines) is 2. The van der Waals surface area contributed by atoms with Gasteiger partial charge in [-0.15, -0.1) is 0 Å². The van der Waals surface area contributed by atoms with E-state index >= 15 is 0 Å². The van der Waals surface area contributed by atoms with E-state index in [9.17, 15) is 0 Å². The molecule has 2 aliphatic heterocycles. The van der Waals surface area contributed by atoms with Crippen molar-refractivity contribution in [3.8, 4) is 0 Å². The van der Waals surface area contributed by atoms with Crippen LogP contribution in [0.15, 0.2) is 256 Å². The molecule has 9 heterocycles. The van der Waals surface area contributed by atoms with Gasteiger partial charge in [0, 0.05) is 122 Å². The van der Waals surface area contributed by atoms with E-state index < -0.39 is 0 Å². The first-order chi connectivity index (χ1) is 66.5. The minimum atomic E-state index is 0.516. The number of hydrogen-bond acceptors (Lipinski definition) is 0. The second kappa shape index (κ2) is 50.7. The predicted octanol–water partition coefficient (Wildman–Crippen LogP) is 32.9. The van der Waals surface area contributed by atoms with Crippen LogP contribution < -0.4 is 32.0 Å². The number of pyridine rings is 7. The number of fused-ring (bicyclic) bond motifs is 10. The molecule has 18 rings (SSSR count). The molecule has 6 unspecified atom stereocenters. The molecule has 0 radical (unpaired) electrons. The zero-order valence-electron chi connectivity index (χ0n) is 95.6. The van der Waals surface area contributed by atoms with Gasteiger partial charge in [0.15, 0.2) is 128 Å². The summed E-state index contributed by atoms with van der Waals surface area (Å²) in [6.07, 6.45) is 32.7. The number of piperidine rings is 1. The summed E-state index contributed by atoms with van der Waals surface area (Å²) in [5.74, 6) is 11.0. The number of quaternary nitrogens is 2. The van der Waals surface area contributed by atoms with Crippen molar-refractivity contribution in [2.75, 3.05) is 33.7 Å². The molecule has 2 saturated carbocycles. The third kappa shape index (κ3) is 29.2. The monoisotopic (exact) mass is 1910 g/mol. The third-order valence-corrected chi connectivity index (χ3v) is 32.1. The summed E-state index contributed by atoms with van der Waals surface area (Å²) in [6, 6.07) is 72.1. The highest BCUT2D eigenvalue weighted by molar-refractivity contribution is 5.88. The van der Waals surface area contributed by atoms with Gasteiger partial charge >= 0.3 is 0 Å². The van der Waals surface area contributed by atoms with Crippen LogP contribution >= 0.6 is 0 Å². The maximum absolute atomic E-state index is 2.48. The van der Waals surface area contributed by atoms with E-state index in [1.54, 1.807) is 0 Å². The Kier molecular flexibility index (Phi) is 40.7. The van der Waals surface area contributed by atoms with Crippen molar-refractivity contribution in [2.45, 2.75) is 377 Å². The molecule has 6 atom stereocenters. The molecule has 7 aromatic heterocycles. The SMILES string of the molecule is CC(C)C1CC2CC1C[N+]2(C)C(C)C.CC(C)C1CC2C[N+](C)(C(C)C)CC2C1.CC(C)c1c2ccccc2cc[n+]1C(C)C.CC(C)c1c[n+](C(C)C)cc2ccccc12.CC(C)c1cc2ccccc2c[n+]1C(C)C.CC(C)c1ccc2c[n+](C(C)C)ccc2c1.CC(C)c1ccc2cc[n+](C(C)C)cc2c1.CC(C)c1cccc2c[n+](C(C)C)ccc12.CC(C)c1cccc2cc[n+](C(C)C)cc12. The van der Waals surface area contributed by atoms with Crippen LogP contribution in [0.25, 0.3) is 75.4 Å². The first-order valence-corrected chi connectivity index (χ1v) is 55.3. The standard InChI is InChI=1S/7C15H20N.C14H28N.C13H26N/c1-11(2)13-5-6-15-10-16(12(3)4)8-7-14(15)9-13;1-11(2)14-6-5-13-7-8-16(12(3)4)10-15(13)9-14;1-11(2)14-7-5-6-13-10-16(12(3)4)9-8-15(13)14;1-11(2)14-7-5-6-13-8-9-16(12(3)4)10-15(13)14;1-11(2)15-10-16(12(3)4)9-13-7-5-6-8-14(13)15;1-11(2)15-9-13-7-5-6-8-14(13)10-16(15)12(3)4;1-11(2)15-14-8-6-5-7-13(14)9-10-16(15)12(3)4;1-10(2)12-6-13-8-15(5,11(3)4)9-14(13)7-12;1-9(2)13-7-12-6-11(13)8-14(12,5)10(3)4/h7*5-12H,1-4H3;10-14H,6-9H2,1-5H3;9-13H,6-8H2,1-5H3/q9*+1. The van der Waals surface area contributed by atoms with Crippen molar-refractivity contribution < 1.29 is 40.9 Å². The molecule has 2 bridgehead atoms. The van der Waals surface area contributed by atoms with Gasteiger partial charge in [-0.25, -0.2) is 22.8 Å². The molecule has 2 aliphatic carbocycles. The quantitative estimate of drug-likeness (QED) is 0.0605. The van der Waals surface area contributed by atoms with Crippen molar-refractivity contribution in [1.82, 2.24) is 0 Å². The zero-order chi connectivity index (χ0) is 104. The second-order valence-electron chi connectivity index (χ2n) is 48.3. The Balaban J connectivity index is 0.000000163. The van der Waals surface area contributed by atoms with Crippen molar-refractivity contribution in [3.63, 3.8) is 0 Å². The molecule has 9 nitrogen and oxygen atoms in total. The molecule has 758 valence electrons. The van der Waals surface area contributed by atoms with Crippen LogP contribution in [0, 0.1) is 41.4 Å². The molecular weight excluding hydrogens is 1710 g/mol. The van der Waals surface area contributed by atoms with Crippen molar-refractivity contribution >= 4 is 75.4 Å². The maximum atomic E-state index is 2.48. The Hall–Kier alpha value is -9.67. The summed E-state index contributed by atoms with van der Waals surface area (Å²) in [5.41, 5.74) is 9.98. The Morgan fingerprint density at radius 3 is 1.13 bits per heavy atom. The van der Waals surface area contributed by atoms with Gasteiger partial charge in [-0.3, -0.25) is 0 Å². The summed E-state index contributed by atoms with van der Waals surface area (Å²) in [6.45, 7) is 86.1. The van der Waals surface area contributed by atoms with Crippen molar-refractivity contribution in [1.29, 1.82) is 0 Å². The van der Waals surface area contributed by atoms with Gasteiger partial charge in [-0.05, 0) is 287 Å². The average molecular weight is 1910 g/mol. The van der Waals surface area contributed by atoms with Crippen LogP contribution in [0.2, 0.25) is 0 Å². The second-order valence-corrected chi connectivity index (χ2v) is 48.3. The number of benzene rings is 7. The van der Waals surface area contributed by atoms with E-state index in [0.717, 1.165) is 59.6 Å². The molecule has 4 aliphatic rings. The van der Waals surface area contributed by atoms with Gasteiger partial charge in [0.2, 0.25) is 0 Å². The van der Waals surface area contributed by atoms with Crippen LogP contribution in [0.3, 0.4) is 0 Å². The zero-order valence-corrected chi connectivity index (χ0v) is 95.6. The first kappa shape index (κ1) is 113. The van der Waals surface area contributed by atoms with E-state index in [4.69, 9.17) is 0 Å². The highest BCUT2D eigenvalue weighted by Gasteiger charge is 2.55. The number of aromatic nitrogens is 7. The lowest BCUT2D eigenvalue weighted by molar-refractivity contribution is -0.946. The molecule has 2 saturated heterocycles. The maximum Gasteiger partial charge on any atom is 0.191 e. The van der Waals surface area contributed by atoms with E-state index in [-0.39, 0.29) is 0 Å². The lowest BCUT2D eigenvalue weighted by atomic mass is 9.84. The highest BCUT2D eigenvalue weighted by Crippen LogP contribution is 2.50. The first-order valence-electron chi connectivity index (χ1n) is 55.3. The Labute approximate surface area is 858 Å². The van der Waals surface area contributed by atoms with E-state index in [1.165, 1.54) is 169 Å². The van der Waals surface area contributed by atoms with Crippen LogP contribution in [0.4, 0.5) is 0 Å². The van der Waals surface area contributed by atoms with E-state index in [2.05, 4.69) is 552 Å². The van der Waals surface area contributed by atoms with Gasteiger partial charge in [-0.1, -0.05) is 234 Å². The lowest BCUT2D eigenvalue weighted by Crippen LogP contribution is -2.56. The summed E-state index contributed by atoms with van der Waals surface area (Å²) in [4.78, 5) is 0. The average Bonchev–Trinajstić information content (AvgIpc) is 1.59. The number of nitrogens with zero attached hydrogens (tertiary/aromatic N) is 9. The minimum Gasteiger partial charge on any atom is -0.324 e. The minimum absolute atomic E-state index is 0.516. The van der Waals surface area contributed by atoms with Gasteiger partial charge in [0.25, 0.3) is 0 Å². The molecule has 141 heavy (non-hydrogen) atoms. The van der Waals surface area contributed by atoms with Gasteiger partial charge in [0.1, 0.15) is 0 Å². The van der Waals surface area contributed by atoms with Crippen LogP contribution in [0.5, 0.6) is 0 Å². The Morgan fingerprint density at radius 2 is 0.652 bits per heavy atom. The Bertz CT molecular complexity index is 6100. The van der Waals surface area contributed by atoms with Crippen LogP contribution in [0.1, 0.15) is 398 Å². The Morgan fingerprint density at radius 1 is 0.248 bits per heavy atom. The van der Waals surface area contributed by atoms with Gasteiger partial charge < -0.3 is 8.97 Å². The predicted molar refractivity (Wildman–Crippen MR) is 607 cm³/mol. The van der Waals surface area contributed by atoms with E-state index in [1.807, 2.05) is 0 Å². The van der Waals surface area contributed by atoms with Gasteiger partial charge in [0.05, 0.1) is 51.9 Å². The molecule has 7 aromatic carbocycles. The summed E-state index contributed by atoms with van der Waals surface area (Å²) < 4.78 is 18.8. The molecule has 0 spiro atoms. The largest absolute Gasteiger partial charge is 0.324 e. The van der Waals surface area contributed by atoms with Crippen LogP contribution in [-0.4, -0.2) is 60.8 Å². The van der Waals surface area contributed by atoms with Crippen molar-refractivity contribution in [3.05, 3.63) is 296 Å². The number of rotatable bonds is 18. The lowest BCUT2D eigenvalue weighted by Gasteiger charge is -2.44. The molecule has 4 fully saturated rings. The fourth-order valence-electron chi connectivity index (χ4n) is 22.2. The molecular formula is C132H194N9+9. The topological polar surface area (TPSA) is 27.2 Å². The van der Waals surface area contributed by atoms with Crippen molar-refractivity contribution in [2.24, 2.45) is 41.4 Å². The highest BCUT2D eigenvalue weighted by atomic mass is 15.4. The van der Waals surface area contributed by atoms with E-state index in [0.29, 0.717) is 83.7 Å². The van der Waals surface area contributed by atoms with Gasteiger partial charge in [-0.2, -0.15) is 9.13 Å². The molecule has 9 heteroatoms. The number of hydrogen-bond donors (Lipinski definition) is 0. The fraction of sp³-hybridized carbons (Fsp3) is 0.523. The molecule has 14 aromatic rings. The summed E-state index contributed by atoms with van der Waals surface area (Å²) in [7, 11) is 4.94. The molecule has 0 N–H and O–H groups in total.